The van der Waals surface area contributed by atoms with E-state index in [1.54, 1.807) is 11.3 Å². The minimum Gasteiger partial charge on any atom is -0.355 e. The van der Waals surface area contributed by atoms with Gasteiger partial charge in [-0.15, -0.1) is 0 Å². The lowest BCUT2D eigenvalue weighted by atomic mass is 9.83. The fourth-order valence-corrected chi connectivity index (χ4v) is 2.40. The van der Waals surface area contributed by atoms with Gasteiger partial charge in [-0.3, -0.25) is 4.79 Å². The molecule has 12 heavy (non-hydrogen) atoms. The predicted octanol–water partition coefficient (Wildman–Crippen LogP) is 1.53. The number of nitrogens with one attached hydrogen (secondary N) is 1. The third kappa shape index (κ3) is 1.14. The van der Waals surface area contributed by atoms with E-state index in [4.69, 9.17) is 0 Å². The van der Waals surface area contributed by atoms with E-state index >= 15 is 0 Å². The standard InChI is InChI=1S/C9H11NOS/c1-9(4-8(11)10-6-9)7-2-3-12-5-7/h2-3,5H,4,6H2,1H3,(H,10,11). The molecular formula is C9H11NOS. The Morgan fingerprint density at radius 3 is 3.00 bits per heavy atom. The lowest BCUT2D eigenvalue weighted by Gasteiger charge is -2.19. The van der Waals surface area contributed by atoms with Crippen molar-refractivity contribution in [3.8, 4) is 0 Å². The van der Waals surface area contributed by atoms with Crippen LogP contribution in [0.4, 0.5) is 0 Å². The minimum absolute atomic E-state index is 0.0388. The van der Waals surface area contributed by atoms with Crippen molar-refractivity contribution in [2.75, 3.05) is 6.54 Å². The Labute approximate surface area is 75.6 Å². The molecule has 0 radical (unpaired) electrons. The summed E-state index contributed by atoms with van der Waals surface area (Å²) in [6, 6.07) is 2.10. The van der Waals surface area contributed by atoms with E-state index in [0.29, 0.717) is 6.42 Å². The summed E-state index contributed by atoms with van der Waals surface area (Å²) < 4.78 is 0. The van der Waals surface area contributed by atoms with Crippen LogP contribution in [0.2, 0.25) is 0 Å². The number of rotatable bonds is 1. The van der Waals surface area contributed by atoms with Crippen LogP contribution in [0.3, 0.4) is 0 Å². The molecule has 0 saturated carbocycles. The molecule has 64 valence electrons. The highest BCUT2D eigenvalue weighted by molar-refractivity contribution is 7.08. The number of thiophene rings is 1. The Morgan fingerprint density at radius 1 is 1.67 bits per heavy atom. The van der Waals surface area contributed by atoms with Gasteiger partial charge in [0.15, 0.2) is 0 Å². The fourth-order valence-electron chi connectivity index (χ4n) is 1.59. The van der Waals surface area contributed by atoms with E-state index in [1.165, 1.54) is 5.56 Å². The molecule has 2 nitrogen and oxygen atoms in total. The number of carbonyl (C=O) groups is 1. The van der Waals surface area contributed by atoms with Crippen LogP contribution >= 0.6 is 11.3 Å². The van der Waals surface area contributed by atoms with Gasteiger partial charge in [0.2, 0.25) is 5.91 Å². The van der Waals surface area contributed by atoms with E-state index in [1.807, 2.05) is 0 Å². The van der Waals surface area contributed by atoms with Crippen molar-refractivity contribution < 1.29 is 4.79 Å². The molecule has 1 atom stereocenters. The third-order valence-electron chi connectivity index (χ3n) is 2.44. The van der Waals surface area contributed by atoms with Crippen LogP contribution in [0.15, 0.2) is 16.8 Å². The zero-order valence-corrected chi connectivity index (χ0v) is 7.78. The quantitative estimate of drug-likeness (QED) is 0.699. The molecule has 0 spiro atoms. The van der Waals surface area contributed by atoms with Crippen molar-refractivity contribution in [1.82, 2.24) is 5.32 Å². The number of carbonyl (C=O) groups excluding carboxylic acids is 1. The first-order chi connectivity index (χ1) is 5.71. The van der Waals surface area contributed by atoms with Gasteiger partial charge in [-0.2, -0.15) is 11.3 Å². The molecule has 1 unspecified atom stereocenters. The SMILES string of the molecule is CC1(c2ccsc2)CNC(=O)C1. The summed E-state index contributed by atoms with van der Waals surface area (Å²) >= 11 is 1.69. The highest BCUT2D eigenvalue weighted by Gasteiger charge is 2.35. The number of hydrogen-bond acceptors (Lipinski definition) is 2. The zero-order valence-electron chi connectivity index (χ0n) is 6.96. The molecule has 1 aromatic rings. The minimum atomic E-state index is 0.0388. The van der Waals surface area contributed by atoms with Crippen LogP contribution in [0, 0.1) is 0 Å². The van der Waals surface area contributed by atoms with E-state index in [9.17, 15) is 4.79 Å². The van der Waals surface area contributed by atoms with E-state index in [2.05, 4.69) is 29.1 Å². The Kier molecular flexibility index (Phi) is 1.68. The van der Waals surface area contributed by atoms with Crippen LogP contribution in [-0.2, 0) is 10.2 Å². The van der Waals surface area contributed by atoms with Gasteiger partial charge < -0.3 is 5.32 Å². The second kappa shape index (κ2) is 2.59. The molecule has 1 fully saturated rings. The number of hydrogen-bond donors (Lipinski definition) is 1. The van der Waals surface area contributed by atoms with E-state index in [0.717, 1.165) is 6.54 Å². The highest BCUT2D eigenvalue weighted by atomic mass is 32.1. The van der Waals surface area contributed by atoms with Gasteiger partial charge in [-0.25, -0.2) is 0 Å². The Balaban J connectivity index is 2.28. The first-order valence-electron chi connectivity index (χ1n) is 4.00. The molecule has 0 aromatic carbocycles. The summed E-state index contributed by atoms with van der Waals surface area (Å²) in [5, 5.41) is 7.05. The average molecular weight is 181 g/mol. The third-order valence-corrected chi connectivity index (χ3v) is 3.13. The van der Waals surface area contributed by atoms with Crippen molar-refractivity contribution in [2.45, 2.75) is 18.8 Å². The fraction of sp³-hybridized carbons (Fsp3) is 0.444. The lowest BCUT2D eigenvalue weighted by molar-refractivity contribution is -0.119. The maximum atomic E-state index is 11.0. The molecule has 2 rings (SSSR count). The molecule has 2 heterocycles. The van der Waals surface area contributed by atoms with Gasteiger partial charge >= 0.3 is 0 Å². The van der Waals surface area contributed by atoms with Crippen molar-refractivity contribution in [3.63, 3.8) is 0 Å². The molecule has 0 aliphatic carbocycles. The van der Waals surface area contributed by atoms with E-state index in [-0.39, 0.29) is 11.3 Å². The molecule has 1 aromatic heterocycles. The summed E-state index contributed by atoms with van der Waals surface area (Å²) in [5.41, 5.74) is 1.32. The smallest absolute Gasteiger partial charge is 0.220 e. The lowest BCUT2D eigenvalue weighted by Crippen LogP contribution is -2.24. The monoisotopic (exact) mass is 181 g/mol. The molecule has 1 aliphatic rings. The van der Waals surface area contributed by atoms with Crippen LogP contribution < -0.4 is 5.32 Å². The maximum Gasteiger partial charge on any atom is 0.220 e. The van der Waals surface area contributed by atoms with Crippen LogP contribution in [0.1, 0.15) is 18.9 Å². The van der Waals surface area contributed by atoms with Crippen molar-refractivity contribution in [1.29, 1.82) is 0 Å². The molecule has 1 amide bonds. The predicted molar refractivity (Wildman–Crippen MR) is 49.3 cm³/mol. The molecule has 0 bridgehead atoms. The van der Waals surface area contributed by atoms with Gasteiger partial charge in [-0.1, -0.05) is 6.92 Å². The topological polar surface area (TPSA) is 29.1 Å². The van der Waals surface area contributed by atoms with Gasteiger partial charge in [0.05, 0.1) is 0 Å². The molecule has 1 N–H and O–H groups in total. The first-order valence-corrected chi connectivity index (χ1v) is 4.94. The maximum absolute atomic E-state index is 11.0. The molecular weight excluding hydrogens is 170 g/mol. The van der Waals surface area contributed by atoms with E-state index < -0.39 is 0 Å². The van der Waals surface area contributed by atoms with Gasteiger partial charge in [0.25, 0.3) is 0 Å². The average Bonchev–Trinajstić information content (AvgIpc) is 2.59. The molecule has 3 heteroatoms. The Hall–Kier alpha value is -0.830. The second-order valence-electron chi connectivity index (χ2n) is 3.53. The summed E-state index contributed by atoms with van der Waals surface area (Å²) in [6.07, 6.45) is 0.629. The van der Waals surface area contributed by atoms with Crippen molar-refractivity contribution in [3.05, 3.63) is 22.4 Å². The summed E-state index contributed by atoms with van der Waals surface area (Å²) in [5.74, 6) is 0.170. The number of amides is 1. The van der Waals surface area contributed by atoms with Gasteiger partial charge in [0.1, 0.15) is 0 Å². The largest absolute Gasteiger partial charge is 0.355 e. The van der Waals surface area contributed by atoms with Crippen molar-refractivity contribution in [2.24, 2.45) is 0 Å². The summed E-state index contributed by atoms with van der Waals surface area (Å²) in [6.45, 7) is 2.91. The van der Waals surface area contributed by atoms with Crippen LogP contribution in [0.25, 0.3) is 0 Å². The molecule has 1 aliphatic heterocycles. The Morgan fingerprint density at radius 2 is 2.50 bits per heavy atom. The Bertz CT molecular complexity index is 293. The summed E-state index contributed by atoms with van der Waals surface area (Å²) in [7, 11) is 0. The van der Waals surface area contributed by atoms with Gasteiger partial charge in [-0.05, 0) is 22.4 Å². The van der Waals surface area contributed by atoms with Gasteiger partial charge in [0, 0.05) is 18.4 Å². The van der Waals surface area contributed by atoms with Crippen LogP contribution in [-0.4, -0.2) is 12.5 Å². The van der Waals surface area contributed by atoms with Crippen LogP contribution in [0.5, 0.6) is 0 Å². The molecule has 1 saturated heterocycles. The normalized spacial score (nSPS) is 28.9. The first kappa shape index (κ1) is 7.80. The summed E-state index contributed by atoms with van der Waals surface area (Å²) in [4.78, 5) is 11.0. The highest BCUT2D eigenvalue weighted by Crippen LogP contribution is 2.31. The zero-order chi connectivity index (χ0) is 8.60. The van der Waals surface area contributed by atoms with Crippen molar-refractivity contribution >= 4 is 17.2 Å². The second-order valence-corrected chi connectivity index (χ2v) is 4.31.